The number of ether oxygens (including phenoxy) is 1. The fourth-order valence-electron chi connectivity index (χ4n) is 1.47. The van der Waals surface area contributed by atoms with Gasteiger partial charge in [0.1, 0.15) is 6.73 Å². The van der Waals surface area contributed by atoms with E-state index in [1.807, 2.05) is 17.6 Å². The summed E-state index contributed by atoms with van der Waals surface area (Å²) < 4.78 is 13.2. The molecule has 1 aromatic rings. The predicted octanol–water partition coefficient (Wildman–Crippen LogP) is 1.11. The second kappa shape index (κ2) is 9.74. The van der Waals surface area contributed by atoms with Crippen molar-refractivity contribution in [2.45, 2.75) is 59.0 Å². The first-order chi connectivity index (χ1) is 9.76. The van der Waals surface area contributed by atoms with Gasteiger partial charge in [-0.1, -0.05) is 27.0 Å². The molecule has 0 aromatic carbocycles. The molecule has 0 atom stereocenters. The summed E-state index contributed by atoms with van der Waals surface area (Å²) in [5, 5.41) is 0.266. The number of hydrogen-bond acceptors (Lipinski definition) is 3. The Hall–Kier alpha value is -0.316. The summed E-state index contributed by atoms with van der Waals surface area (Å²) in [5.74, 6) is 0. The van der Waals surface area contributed by atoms with E-state index in [-0.39, 0.29) is 23.9 Å². The molecule has 0 aliphatic carbocycles. The van der Waals surface area contributed by atoms with Gasteiger partial charge in [0.05, 0.1) is 0 Å². The Bertz CT molecular complexity index is 453. The minimum atomic E-state index is -1.62. The van der Waals surface area contributed by atoms with E-state index in [9.17, 15) is 0 Å². The Balaban J connectivity index is 0.00000441. The molecule has 0 spiro atoms. The van der Waals surface area contributed by atoms with Crippen LogP contribution in [0.5, 0.6) is 0 Å². The van der Waals surface area contributed by atoms with E-state index in [1.54, 1.807) is 6.33 Å². The van der Waals surface area contributed by atoms with Crippen molar-refractivity contribution in [1.82, 2.24) is 9.55 Å². The molecule has 0 unspecified atom stereocenters. The largest absolute Gasteiger partial charge is 1.00 e. The average molecular weight is 316 g/mol. The van der Waals surface area contributed by atoms with Crippen LogP contribution in [0.4, 0.5) is 0 Å². The molecule has 0 saturated heterocycles. The third kappa shape index (κ3) is 7.30. The fourth-order valence-corrected chi connectivity index (χ4v) is 2.53. The third-order valence-electron chi connectivity index (χ3n) is 3.86. The van der Waals surface area contributed by atoms with Crippen molar-refractivity contribution in [3.63, 3.8) is 0 Å². The van der Waals surface area contributed by atoms with E-state index in [2.05, 4.69) is 51.1 Å². The molecule has 0 fully saturated rings. The number of aromatic nitrogens is 2. The minimum absolute atomic E-state index is 0. The van der Waals surface area contributed by atoms with Gasteiger partial charge in [0, 0.05) is 13.2 Å². The summed E-state index contributed by atoms with van der Waals surface area (Å²) in [5.41, 5.74) is 0.835. The topological polar surface area (TPSA) is 36.3 Å². The van der Waals surface area contributed by atoms with Crippen molar-refractivity contribution in [1.29, 1.82) is 0 Å². The van der Waals surface area contributed by atoms with Crippen LogP contribution in [0.2, 0.25) is 18.1 Å². The molecule has 0 amide bonds. The molecular weight excluding hydrogens is 287 g/mol. The van der Waals surface area contributed by atoms with Gasteiger partial charge >= 0.3 is 18.9 Å². The van der Waals surface area contributed by atoms with Crippen LogP contribution in [-0.4, -0.2) is 31.1 Å². The Morgan fingerprint density at radius 1 is 1.36 bits per heavy atom. The van der Waals surface area contributed by atoms with Crippen LogP contribution in [0, 0.1) is 6.20 Å². The Kier molecular flexibility index (Phi) is 9.60. The second-order valence-corrected chi connectivity index (χ2v) is 11.4. The smallest absolute Gasteiger partial charge is 0.423 e. The summed E-state index contributed by atoms with van der Waals surface area (Å²) >= 11 is 0. The number of hydrogen-bond donors (Lipinski definition) is 0. The molecular formula is C16H29LiN2O2Si. The predicted molar refractivity (Wildman–Crippen MR) is 89.5 cm³/mol. The van der Waals surface area contributed by atoms with E-state index in [1.165, 1.54) is 0 Å². The summed E-state index contributed by atoms with van der Waals surface area (Å²) in [6.07, 6.45) is 9.86. The van der Waals surface area contributed by atoms with Crippen LogP contribution in [0.3, 0.4) is 0 Å². The Morgan fingerprint density at radius 2 is 2.05 bits per heavy atom. The molecule has 0 saturated carbocycles. The molecule has 0 N–H and O–H groups in total. The molecule has 0 aliphatic rings. The second-order valence-electron chi connectivity index (χ2n) is 6.63. The first-order valence-electron chi connectivity index (χ1n) is 7.59. The van der Waals surface area contributed by atoms with E-state index in [0.29, 0.717) is 13.3 Å². The fraction of sp³-hybridized carbons (Fsp3) is 0.688. The SMILES string of the molecule is CCOCn1[c-]c(/C=C/CCO[Si](C)(C)C(C)(C)C)nc1.[Li+]. The van der Waals surface area contributed by atoms with Crippen molar-refractivity contribution in [3.8, 4) is 0 Å². The zero-order valence-corrected chi connectivity index (χ0v) is 16.3. The first kappa shape index (κ1) is 21.7. The molecule has 0 radical (unpaired) electrons. The molecule has 0 bridgehead atoms. The summed E-state index contributed by atoms with van der Waals surface area (Å²) in [7, 11) is -1.62. The van der Waals surface area contributed by atoms with Crippen LogP contribution in [0.15, 0.2) is 12.4 Å². The standard InChI is InChI=1S/C16H29N2O2Si.Li/c1-7-19-14-18-12-15(17-13-18)10-8-9-11-20-21(5,6)16(2,3)4;/h8,10,13H,7,9,11,14H2,1-6H3;/q-1;+1/b10-8+;. The zero-order valence-electron chi connectivity index (χ0n) is 15.3. The molecule has 1 aromatic heterocycles. The van der Waals surface area contributed by atoms with Crippen LogP contribution in [0.1, 0.15) is 39.8 Å². The number of nitrogens with zero attached hydrogens (tertiary/aromatic N) is 2. The van der Waals surface area contributed by atoms with E-state index >= 15 is 0 Å². The van der Waals surface area contributed by atoms with Gasteiger partial charge in [0.15, 0.2) is 8.32 Å². The Labute approximate surface area is 148 Å². The maximum absolute atomic E-state index is 6.12. The Morgan fingerprint density at radius 3 is 2.64 bits per heavy atom. The van der Waals surface area contributed by atoms with Gasteiger partial charge in [-0.05, 0) is 43.5 Å². The van der Waals surface area contributed by atoms with E-state index in [0.717, 1.165) is 18.7 Å². The third-order valence-corrected chi connectivity index (χ3v) is 8.40. The van der Waals surface area contributed by atoms with Crippen LogP contribution in [0.25, 0.3) is 6.08 Å². The van der Waals surface area contributed by atoms with Crippen LogP contribution >= 0.6 is 0 Å². The molecule has 120 valence electrons. The van der Waals surface area contributed by atoms with Crippen molar-refractivity contribution in [2.75, 3.05) is 13.2 Å². The number of imidazole rings is 1. The molecule has 6 heteroatoms. The van der Waals surface area contributed by atoms with Crippen LogP contribution < -0.4 is 18.9 Å². The van der Waals surface area contributed by atoms with Crippen molar-refractivity contribution >= 4 is 14.4 Å². The van der Waals surface area contributed by atoms with E-state index < -0.39 is 8.32 Å². The van der Waals surface area contributed by atoms with Gasteiger partial charge in [-0.15, -0.1) is 12.2 Å². The van der Waals surface area contributed by atoms with E-state index in [4.69, 9.17) is 9.16 Å². The number of rotatable bonds is 8. The molecule has 1 heterocycles. The normalized spacial score (nSPS) is 12.6. The van der Waals surface area contributed by atoms with Gasteiger partial charge in [-0.3, -0.25) is 0 Å². The average Bonchev–Trinajstić information content (AvgIpc) is 2.82. The van der Waals surface area contributed by atoms with Gasteiger partial charge in [-0.25, -0.2) is 0 Å². The van der Waals surface area contributed by atoms with Crippen molar-refractivity contribution in [3.05, 3.63) is 24.3 Å². The molecule has 1 rings (SSSR count). The first-order valence-corrected chi connectivity index (χ1v) is 10.5. The molecule has 0 aliphatic heterocycles. The van der Waals surface area contributed by atoms with Gasteiger partial charge < -0.3 is 18.7 Å². The maximum atomic E-state index is 6.12. The van der Waals surface area contributed by atoms with Gasteiger partial charge in [0.2, 0.25) is 0 Å². The molecule has 4 nitrogen and oxygen atoms in total. The van der Waals surface area contributed by atoms with Crippen molar-refractivity contribution < 1.29 is 28.0 Å². The van der Waals surface area contributed by atoms with Gasteiger partial charge in [0.25, 0.3) is 0 Å². The van der Waals surface area contributed by atoms with Crippen molar-refractivity contribution in [2.24, 2.45) is 0 Å². The quantitative estimate of drug-likeness (QED) is 0.409. The zero-order chi connectivity index (χ0) is 15.9. The minimum Gasteiger partial charge on any atom is -0.423 e. The summed E-state index contributed by atoms with van der Waals surface area (Å²) in [6, 6.07) is 0. The van der Waals surface area contributed by atoms with Gasteiger partial charge in [-0.2, -0.15) is 0 Å². The maximum Gasteiger partial charge on any atom is 1.00 e. The van der Waals surface area contributed by atoms with Crippen LogP contribution in [-0.2, 0) is 15.9 Å². The summed E-state index contributed by atoms with van der Waals surface area (Å²) in [4.78, 5) is 4.26. The monoisotopic (exact) mass is 316 g/mol. The summed E-state index contributed by atoms with van der Waals surface area (Å²) in [6.45, 7) is 15.3. The molecule has 22 heavy (non-hydrogen) atoms.